The quantitative estimate of drug-likeness (QED) is 0.836. The van der Waals surface area contributed by atoms with Crippen LogP contribution >= 0.6 is 0 Å². The highest BCUT2D eigenvalue weighted by molar-refractivity contribution is 5.30. The molecule has 2 heteroatoms. The van der Waals surface area contributed by atoms with E-state index in [0.29, 0.717) is 12.6 Å². The van der Waals surface area contributed by atoms with E-state index in [9.17, 15) is 0 Å². The Morgan fingerprint density at radius 2 is 2.06 bits per heavy atom. The third-order valence-electron chi connectivity index (χ3n) is 4.32. The molecule has 2 N–H and O–H groups in total. The third kappa shape index (κ3) is 2.93. The Bertz CT molecular complexity index is 371. The molecule has 2 rings (SSSR count). The van der Waals surface area contributed by atoms with Gasteiger partial charge in [0.2, 0.25) is 0 Å². The Balaban J connectivity index is 2.10. The first-order chi connectivity index (χ1) is 8.76. The maximum absolute atomic E-state index is 6.02. The second-order valence-electron chi connectivity index (χ2n) is 5.54. The summed E-state index contributed by atoms with van der Waals surface area (Å²) < 4.78 is 0. The molecule has 0 saturated heterocycles. The predicted molar refractivity (Wildman–Crippen MR) is 77.6 cm³/mol. The van der Waals surface area contributed by atoms with Crippen molar-refractivity contribution in [2.45, 2.75) is 38.6 Å². The maximum Gasteiger partial charge on any atom is 0.0470 e. The molecule has 1 saturated carbocycles. The van der Waals surface area contributed by atoms with Crippen LogP contribution in [0.5, 0.6) is 0 Å². The SMILES string of the molecule is CCc1ccccc1C(CN)N(C)CC1CCC1. The van der Waals surface area contributed by atoms with Gasteiger partial charge in [-0.05, 0) is 43.4 Å². The molecule has 1 aliphatic carbocycles. The number of nitrogens with two attached hydrogens (primary N) is 1. The van der Waals surface area contributed by atoms with Crippen LogP contribution in [-0.4, -0.2) is 25.0 Å². The summed E-state index contributed by atoms with van der Waals surface area (Å²) >= 11 is 0. The van der Waals surface area contributed by atoms with Crippen molar-refractivity contribution in [3.63, 3.8) is 0 Å². The van der Waals surface area contributed by atoms with Gasteiger partial charge < -0.3 is 5.73 Å². The monoisotopic (exact) mass is 246 g/mol. The molecular weight excluding hydrogens is 220 g/mol. The molecule has 0 radical (unpaired) electrons. The van der Waals surface area contributed by atoms with Gasteiger partial charge in [0.25, 0.3) is 0 Å². The second-order valence-corrected chi connectivity index (χ2v) is 5.54. The highest BCUT2D eigenvalue weighted by atomic mass is 15.1. The van der Waals surface area contributed by atoms with Crippen LogP contribution in [0.15, 0.2) is 24.3 Å². The lowest BCUT2D eigenvalue weighted by molar-refractivity contribution is 0.164. The van der Waals surface area contributed by atoms with Gasteiger partial charge in [-0.25, -0.2) is 0 Å². The molecule has 1 fully saturated rings. The Hall–Kier alpha value is -0.860. The number of aryl methyl sites for hydroxylation is 1. The van der Waals surface area contributed by atoms with Crippen molar-refractivity contribution in [1.82, 2.24) is 4.90 Å². The van der Waals surface area contributed by atoms with Crippen LogP contribution in [0, 0.1) is 5.92 Å². The second kappa shape index (κ2) is 6.35. The summed E-state index contributed by atoms with van der Waals surface area (Å²) in [7, 11) is 2.22. The van der Waals surface area contributed by atoms with Crippen LogP contribution in [-0.2, 0) is 6.42 Å². The summed E-state index contributed by atoms with van der Waals surface area (Å²) in [5, 5.41) is 0. The summed E-state index contributed by atoms with van der Waals surface area (Å²) in [4.78, 5) is 2.46. The Morgan fingerprint density at radius 3 is 2.61 bits per heavy atom. The minimum atomic E-state index is 0.377. The van der Waals surface area contributed by atoms with Gasteiger partial charge in [-0.1, -0.05) is 37.6 Å². The summed E-state index contributed by atoms with van der Waals surface area (Å²) in [5.74, 6) is 0.901. The molecule has 0 spiro atoms. The van der Waals surface area contributed by atoms with Crippen molar-refractivity contribution >= 4 is 0 Å². The zero-order valence-electron chi connectivity index (χ0n) is 11.7. The van der Waals surface area contributed by atoms with E-state index in [1.165, 1.54) is 36.9 Å². The van der Waals surface area contributed by atoms with E-state index in [4.69, 9.17) is 5.73 Å². The van der Waals surface area contributed by atoms with Gasteiger partial charge in [0.1, 0.15) is 0 Å². The van der Waals surface area contributed by atoms with Crippen LogP contribution < -0.4 is 5.73 Å². The van der Waals surface area contributed by atoms with E-state index in [-0.39, 0.29) is 0 Å². The van der Waals surface area contributed by atoms with Gasteiger partial charge in [0.05, 0.1) is 0 Å². The lowest BCUT2D eigenvalue weighted by Gasteiger charge is -2.35. The molecule has 1 aromatic rings. The van der Waals surface area contributed by atoms with E-state index in [1.807, 2.05) is 0 Å². The zero-order valence-corrected chi connectivity index (χ0v) is 11.7. The number of hydrogen-bond donors (Lipinski definition) is 1. The van der Waals surface area contributed by atoms with Crippen LogP contribution in [0.2, 0.25) is 0 Å². The third-order valence-corrected chi connectivity index (χ3v) is 4.32. The lowest BCUT2D eigenvalue weighted by atomic mass is 9.84. The highest BCUT2D eigenvalue weighted by Gasteiger charge is 2.24. The largest absolute Gasteiger partial charge is 0.329 e. The van der Waals surface area contributed by atoms with Gasteiger partial charge in [0, 0.05) is 19.1 Å². The number of nitrogens with zero attached hydrogens (tertiary/aromatic N) is 1. The summed E-state index contributed by atoms with van der Waals surface area (Å²) in [5.41, 5.74) is 8.88. The van der Waals surface area contributed by atoms with Crippen molar-refractivity contribution in [1.29, 1.82) is 0 Å². The van der Waals surface area contributed by atoms with Gasteiger partial charge in [-0.2, -0.15) is 0 Å². The van der Waals surface area contributed by atoms with Gasteiger partial charge >= 0.3 is 0 Å². The van der Waals surface area contributed by atoms with Crippen molar-refractivity contribution < 1.29 is 0 Å². The Labute approximate surface area is 111 Å². The normalized spacial score (nSPS) is 17.8. The fraction of sp³-hybridized carbons (Fsp3) is 0.625. The molecule has 0 aliphatic heterocycles. The first kappa shape index (κ1) is 13.6. The van der Waals surface area contributed by atoms with Crippen molar-refractivity contribution in [2.24, 2.45) is 11.7 Å². The highest BCUT2D eigenvalue weighted by Crippen LogP contribution is 2.30. The lowest BCUT2D eigenvalue weighted by Crippen LogP contribution is -2.36. The van der Waals surface area contributed by atoms with Gasteiger partial charge in [-0.3, -0.25) is 4.90 Å². The number of likely N-dealkylation sites (N-methyl/N-ethyl adjacent to an activating group) is 1. The van der Waals surface area contributed by atoms with E-state index >= 15 is 0 Å². The molecule has 18 heavy (non-hydrogen) atoms. The van der Waals surface area contributed by atoms with Gasteiger partial charge in [0.15, 0.2) is 0 Å². The van der Waals surface area contributed by atoms with Crippen molar-refractivity contribution in [3.05, 3.63) is 35.4 Å². The smallest absolute Gasteiger partial charge is 0.0470 e. The van der Waals surface area contributed by atoms with Crippen LogP contribution in [0.25, 0.3) is 0 Å². The van der Waals surface area contributed by atoms with E-state index in [1.54, 1.807) is 0 Å². The van der Waals surface area contributed by atoms with Crippen LogP contribution in [0.1, 0.15) is 43.4 Å². The maximum atomic E-state index is 6.02. The first-order valence-corrected chi connectivity index (χ1v) is 7.24. The average Bonchev–Trinajstić information content (AvgIpc) is 2.35. The minimum absolute atomic E-state index is 0.377. The number of hydrogen-bond acceptors (Lipinski definition) is 2. The Kier molecular flexibility index (Phi) is 4.79. The average molecular weight is 246 g/mol. The van der Waals surface area contributed by atoms with Gasteiger partial charge in [-0.15, -0.1) is 0 Å². The molecule has 1 atom stereocenters. The summed E-state index contributed by atoms with van der Waals surface area (Å²) in [6.45, 7) is 4.12. The fourth-order valence-electron chi connectivity index (χ4n) is 2.94. The first-order valence-electron chi connectivity index (χ1n) is 7.24. The predicted octanol–water partition coefficient (Wildman–Crippen LogP) is 2.98. The molecular formula is C16H26N2. The fourth-order valence-corrected chi connectivity index (χ4v) is 2.94. The molecule has 0 aromatic heterocycles. The van der Waals surface area contributed by atoms with Crippen LogP contribution in [0.4, 0.5) is 0 Å². The van der Waals surface area contributed by atoms with E-state index in [0.717, 1.165) is 12.3 Å². The van der Waals surface area contributed by atoms with E-state index < -0.39 is 0 Å². The summed E-state index contributed by atoms with van der Waals surface area (Å²) in [6.07, 6.45) is 5.30. The number of benzene rings is 1. The number of rotatable bonds is 6. The molecule has 0 heterocycles. The topological polar surface area (TPSA) is 29.3 Å². The van der Waals surface area contributed by atoms with Crippen molar-refractivity contribution in [3.8, 4) is 0 Å². The molecule has 1 unspecified atom stereocenters. The standard InChI is InChI=1S/C16H26N2/c1-3-14-9-4-5-10-15(14)16(11-17)18(2)12-13-7-6-8-13/h4-5,9-10,13,16H,3,6-8,11-12,17H2,1-2H3. The molecule has 0 amide bonds. The molecule has 1 aliphatic rings. The summed E-state index contributed by atoms with van der Waals surface area (Å²) in [6, 6.07) is 9.11. The minimum Gasteiger partial charge on any atom is -0.329 e. The molecule has 1 aromatic carbocycles. The molecule has 0 bridgehead atoms. The van der Waals surface area contributed by atoms with Crippen molar-refractivity contribution in [2.75, 3.05) is 20.1 Å². The zero-order chi connectivity index (χ0) is 13.0. The molecule has 100 valence electrons. The molecule has 2 nitrogen and oxygen atoms in total. The van der Waals surface area contributed by atoms with E-state index in [2.05, 4.69) is 43.1 Å². The van der Waals surface area contributed by atoms with Crippen LogP contribution in [0.3, 0.4) is 0 Å². The Morgan fingerprint density at radius 1 is 1.33 bits per heavy atom.